The zero-order valence-electron chi connectivity index (χ0n) is 21.2. The van der Waals surface area contributed by atoms with Gasteiger partial charge >= 0.3 is 0 Å². The molecular weight excluding hydrogens is 526 g/mol. The molecule has 204 valence electrons. The highest BCUT2D eigenvalue weighted by Gasteiger charge is 2.46. The number of aromatic nitrogens is 4. The number of nitrogens with one attached hydrogen (secondary N) is 2. The van der Waals surface area contributed by atoms with Gasteiger partial charge in [0.15, 0.2) is 29.3 Å². The first-order valence-corrected chi connectivity index (χ1v) is 12.5. The number of rotatable bonds is 9. The molecule has 0 radical (unpaired) electrons. The van der Waals surface area contributed by atoms with E-state index in [9.17, 15) is 9.90 Å². The molecule has 1 amide bonds. The van der Waals surface area contributed by atoms with Crippen molar-refractivity contribution in [1.29, 1.82) is 0 Å². The van der Waals surface area contributed by atoms with E-state index >= 15 is 0 Å². The summed E-state index contributed by atoms with van der Waals surface area (Å²) in [4.78, 5) is 25.2. The third-order valence-corrected chi connectivity index (χ3v) is 6.74. The van der Waals surface area contributed by atoms with Crippen molar-refractivity contribution in [3.8, 4) is 11.5 Å². The van der Waals surface area contributed by atoms with Crippen molar-refractivity contribution in [1.82, 2.24) is 24.8 Å². The molecular formula is C26H28ClN7O5. The molecule has 1 saturated heterocycles. The van der Waals surface area contributed by atoms with Crippen molar-refractivity contribution in [3.05, 3.63) is 71.3 Å². The maximum atomic E-state index is 12.1. The zero-order chi connectivity index (χ0) is 27.5. The predicted octanol–water partition coefficient (Wildman–Crippen LogP) is 2.01. The molecule has 4 atom stereocenters. The molecule has 2 aromatic carbocycles. The monoisotopic (exact) mass is 553 g/mol. The number of benzene rings is 2. The Labute approximate surface area is 229 Å². The fourth-order valence-corrected chi connectivity index (χ4v) is 4.65. The van der Waals surface area contributed by atoms with Gasteiger partial charge in [-0.25, -0.2) is 15.0 Å². The number of aliphatic hydroxyl groups excluding tert-OH is 1. The van der Waals surface area contributed by atoms with Crippen LogP contribution in [0.5, 0.6) is 11.5 Å². The molecule has 1 aliphatic heterocycles. The van der Waals surface area contributed by atoms with Crippen LogP contribution in [0, 0.1) is 0 Å². The van der Waals surface area contributed by atoms with Gasteiger partial charge in [-0.05, 0) is 24.3 Å². The van der Waals surface area contributed by atoms with Crippen LogP contribution in [-0.4, -0.2) is 62.9 Å². The fraction of sp³-hybridized carbons (Fsp3) is 0.308. The van der Waals surface area contributed by atoms with Crippen LogP contribution < -0.4 is 25.8 Å². The van der Waals surface area contributed by atoms with E-state index in [1.54, 1.807) is 13.2 Å². The molecule has 0 spiro atoms. The number of methoxy groups -OCH3 is 1. The molecule has 0 unspecified atom stereocenters. The molecule has 0 saturated carbocycles. The average molecular weight is 554 g/mol. The number of imidazole rings is 1. The minimum atomic E-state index is -1.15. The van der Waals surface area contributed by atoms with Gasteiger partial charge in [-0.2, -0.15) is 0 Å². The summed E-state index contributed by atoms with van der Waals surface area (Å²) in [6.07, 6.45) is -0.261. The van der Waals surface area contributed by atoms with Gasteiger partial charge in [0.25, 0.3) is 5.91 Å². The lowest BCUT2D eigenvalue weighted by Crippen LogP contribution is -2.46. The number of carbonyl (C=O) groups is 1. The molecule has 5 N–H and O–H groups in total. The van der Waals surface area contributed by atoms with E-state index in [4.69, 9.17) is 31.5 Å². The summed E-state index contributed by atoms with van der Waals surface area (Å²) < 4.78 is 18.8. The molecule has 1 aliphatic rings. The Balaban J connectivity index is 1.35. The quantitative estimate of drug-likeness (QED) is 0.241. The van der Waals surface area contributed by atoms with Crippen LogP contribution in [0.25, 0.3) is 11.2 Å². The van der Waals surface area contributed by atoms with Gasteiger partial charge in [0.1, 0.15) is 30.5 Å². The number of amides is 1. The van der Waals surface area contributed by atoms with Crippen molar-refractivity contribution in [3.63, 3.8) is 0 Å². The van der Waals surface area contributed by atoms with Crippen molar-refractivity contribution in [2.24, 2.45) is 5.73 Å². The maximum Gasteiger partial charge on any atom is 0.250 e. The first-order chi connectivity index (χ1) is 18.9. The Morgan fingerprint density at radius 1 is 1.18 bits per heavy atom. The van der Waals surface area contributed by atoms with E-state index in [0.29, 0.717) is 40.9 Å². The third kappa shape index (κ3) is 5.32. The van der Waals surface area contributed by atoms with Gasteiger partial charge in [-0.1, -0.05) is 29.8 Å². The molecule has 13 heteroatoms. The average Bonchev–Trinajstić information content (AvgIpc) is 3.51. The van der Waals surface area contributed by atoms with Crippen LogP contribution in [0.2, 0.25) is 5.02 Å². The van der Waals surface area contributed by atoms with Crippen LogP contribution in [0.15, 0.2) is 55.1 Å². The summed E-state index contributed by atoms with van der Waals surface area (Å²) in [5.41, 5.74) is 8.60. The van der Waals surface area contributed by atoms with Crippen LogP contribution in [-0.2, 0) is 22.7 Å². The van der Waals surface area contributed by atoms with Gasteiger partial charge in [-0.3, -0.25) is 9.36 Å². The second-order valence-corrected chi connectivity index (χ2v) is 9.32. The fourth-order valence-electron chi connectivity index (χ4n) is 4.45. The van der Waals surface area contributed by atoms with E-state index in [1.807, 2.05) is 36.4 Å². The lowest BCUT2D eigenvalue weighted by molar-refractivity contribution is -0.134. The number of hydrogen-bond acceptors (Lipinski definition) is 10. The van der Waals surface area contributed by atoms with E-state index in [1.165, 1.54) is 24.3 Å². The van der Waals surface area contributed by atoms with Crippen molar-refractivity contribution in [2.45, 2.75) is 37.6 Å². The Morgan fingerprint density at radius 2 is 2.00 bits per heavy atom. The predicted molar refractivity (Wildman–Crippen MR) is 143 cm³/mol. The van der Waals surface area contributed by atoms with Crippen LogP contribution >= 0.6 is 11.6 Å². The number of ether oxygens (including phenoxy) is 3. The Bertz CT molecular complexity index is 1480. The van der Waals surface area contributed by atoms with Crippen molar-refractivity contribution >= 4 is 34.5 Å². The van der Waals surface area contributed by atoms with Crippen LogP contribution in [0.4, 0.5) is 5.82 Å². The van der Waals surface area contributed by atoms with Gasteiger partial charge in [0.2, 0.25) is 0 Å². The summed E-state index contributed by atoms with van der Waals surface area (Å²) in [7, 11) is 3.10. The number of hydrogen-bond donors (Lipinski definition) is 4. The maximum absolute atomic E-state index is 12.1. The highest BCUT2D eigenvalue weighted by molar-refractivity contribution is 6.30. The summed E-state index contributed by atoms with van der Waals surface area (Å²) in [6, 6.07) is 12.1. The highest BCUT2D eigenvalue weighted by atomic mass is 35.5. The molecule has 3 heterocycles. The molecule has 0 bridgehead atoms. The van der Waals surface area contributed by atoms with Gasteiger partial charge in [-0.15, -0.1) is 0 Å². The summed E-state index contributed by atoms with van der Waals surface area (Å²) in [5.74, 6) is 1.42. The van der Waals surface area contributed by atoms with Gasteiger partial charge in [0, 0.05) is 29.7 Å². The number of fused-ring (bicyclic) bond motifs is 1. The molecule has 5 rings (SSSR count). The Morgan fingerprint density at radius 3 is 2.79 bits per heavy atom. The summed E-state index contributed by atoms with van der Waals surface area (Å²) in [5, 5.41) is 17.0. The number of nitrogens with zero attached hydrogens (tertiary/aromatic N) is 4. The summed E-state index contributed by atoms with van der Waals surface area (Å²) >= 11 is 6.28. The molecule has 4 aromatic rings. The normalized spacial score (nSPS) is 20.6. The van der Waals surface area contributed by atoms with Crippen molar-refractivity contribution in [2.75, 3.05) is 19.5 Å². The molecule has 39 heavy (non-hydrogen) atoms. The number of nitrogens with two attached hydrogens (primary N) is 1. The minimum absolute atomic E-state index is 0.309. The second-order valence-electron chi connectivity index (χ2n) is 8.88. The first kappa shape index (κ1) is 26.6. The number of aliphatic hydroxyl groups is 1. The van der Waals surface area contributed by atoms with Crippen LogP contribution in [0.3, 0.4) is 0 Å². The Hall–Kier alpha value is -3.97. The first-order valence-electron chi connectivity index (χ1n) is 12.2. The van der Waals surface area contributed by atoms with Gasteiger partial charge < -0.3 is 35.7 Å². The smallest absolute Gasteiger partial charge is 0.250 e. The number of anilines is 1. The molecule has 2 aromatic heterocycles. The SMILES string of the molecule is CNC(=O)[C@H]1O[C@@H](n2cnc3c(NCc4cc(Cl)ccc4OCc4ccccc4OC)ncnc32)[C@H](O)[C@@H]1N. The standard InChI is InChI=1S/C26H28ClN7O5/c1-29-25(36)22-19(28)21(35)26(39-22)34-13-33-20-23(31-12-32-24(20)34)30-10-15-9-16(27)7-8-18(15)38-11-14-5-3-4-6-17(14)37-2/h3-9,12-13,19,21-22,26,35H,10-11,28H2,1-2H3,(H,29,36)(H,30,31,32)/t19-,21+,22-,26+/m0/s1. The number of likely N-dealkylation sites (N-methyl/N-ethyl adjacent to an activating group) is 1. The topological polar surface area (TPSA) is 159 Å². The van der Waals surface area contributed by atoms with E-state index in [-0.39, 0.29) is 0 Å². The van der Waals surface area contributed by atoms with Gasteiger partial charge in [0.05, 0.1) is 19.5 Å². The minimum Gasteiger partial charge on any atom is -0.496 e. The zero-order valence-corrected chi connectivity index (χ0v) is 22.0. The van der Waals surface area contributed by atoms with Crippen molar-refractivity contribution < 1.29 is 24.1 Å². The summed E-state index contributed by atoms with van der Waals surface area (Å²) in [6.45, 7) is 0.636. The van der Waals surface area contributed by atoms with Crippen LogP contribution in [0.1, 0.15) is 17.4 Å². The molecule has 12 nitrogen and oxygen atoms in total. The van der Waals surface area contributed by atoms with E-state index < -0.39 is 30.4 Å². The number of carbonyl (C=O) groups excluding carboxylic acids is 1. The van der Waals surface area contributed by atoms with E-state index in [0.717, 1.165) is 16.9 Å². The largest absolute Gasteiger partial charge is 0.496 e. The molecule has 0 aliphatic carbocycles. The van der Waals surface area contributed by atoms with E-state index in [2.05, 4.69) is 25.6 Å². The third-order valence-electron chi connectivity index (χ3n) is 6.50. The number of para-hydroxylation sites is 1. The highest BCUT2D eigenvalue weighted by Crippen LogP contribution is 2.32. The lowest BCUT2D eigenvalue weighted by atomic mass is 10.1. The second kappa shape index (κ2) is 11.4. The lowest BCUT2D eigenvalue weighted by Gasteiger charge is -2.17. The Kier molecular flexibility index (Phi) is 7.79. The number of halogens is 1. The molecule has 1 fully saturated rings.